The Morgan fingerprint density at radius 3 is 2.61 bits per heavy atom. The minimum Gasteiger partial charge on any atom is -0.481 e. The highest BCUT2D eigenvalue weighted by atomic mass is 16.4. The molecule has 0 atom stereocenters. The molecule has 2 amide bonds. The molecule has 6 nitrogen and oxygen atoms in total. The number of nitrogens with one attached hydrogen (secondary N) is 1. The number of aliphatic carboxylic acids is 1. The summed E-state index contributed by atoms with van der Waals surface area (Å²) in [6.45, 7) is 4.42. The Balaban J connectivity index is 2.37. The molecule has 0 aromatic heterocycles. The van der Waals surface area contributed by atoms with Crippen molar-refractivity contribution in [2.75, 3.05) is 13.1 Å². The summed E-state index contributed by atoms with van der Waals surface area (Å²) < 4.78 is 0. The number of carboxylic acids is 1. The third kappa shape index (κ3) is 3.80. The molecule has 0 aliphatic carbocycles. The van der Waals surface area contributed by atoms with E-state index in [-0.39, 0.29) is 24.8 Å². The first kappa shape index (κ1) is 14.6. The van der Waals surface area contributed by atoms with Crippen LogP contribution in [0.25, 0.3) is 0 Å². The average molecular weight is 256 g/mol. The van der Waals surface area contributed by atoms with Gasteiger partial charge in [-0.3, -0.25) is 24.6 Å². The van der Waals surface area contributed by atoms with Crippen molar-refractivity contribution in [1.82, 2.24) is 10.2 Å². The minimum absolute atomic E-state index is 0.169. The molecule has 18 heavy (non-hydrogen) atoms. The van der Waals surface area contributed by atoms with Crippen molar-refractivity contribution in [3.05, 3.63) is 0 Å². The van der Waals surface area contributed by atoms with Gasteiger partial charge in [0.15, 0.2) is 0 Å². The van der Waals surface area contributed by atoms with E-state index in [1.54, 1.807) is 13.8 Å². The quantitative estimate of drug-likeness (QED) is 0.529. The van der Waals surface area contributed by atoms with E-state index in [1.807, 2.05) is 4.90 Å². The third-order valence-electron chi connectivity index (χ3n) is 3.25. The number of carboxylic acid groups (broad SMARTS) is 1. The lowest BCUT2D eigenvalue weighted by molar-refractivity contribution is -0.145. The molecular weight excluding hydrogens is 236 g/mol. The Hall–Kier alpha value is -1.43. The Morgan fingerprint density at radius 2 is 2.00 bits per heavy atom. The molecule has 102 valence electrons. The van der Waals surface area contributed by atoms with Gasteiger partial charge in [-0.1, -0.05) is 6.42 Å². The van der Waals surface area contributed by atoms with Gasteiger partial charge in [0.25, 0.3) is 0 Å². The second-order valence-corrected chi connectivity index (χ2v) is 5.06. The van der Waals surface area contributed by atoms with Crippen molar-refractivity contribution in [2.45, 2.75) is 45.1 Å². The lowest BCUT2D eigenvalue weighted by Gasteiger charge is -2.40. The summed E-state index contributed by atoms with van der Waals surface area (Å²) in [5, 5.41) is 10.8. The molecule has 1 fully saturated rings. The molecule has 0 saturated carbocycles. The van der Waals surface area contributed by atoms with Gasteiger partial charge in [0.1, 0.15) is 0 Å². The first-order valence-corrected chi connectivity index (χ1v) is 6.15. The molecule has 6 heteroatoms. The van der Waals surface area contributed by atoms with Crippen LogP contribution >= 0.6 is 0 Å². The largest absolute Gasteiger partial charge is 0.481 e. The van der Waals surface area contributed by atoms with Gasteiger partial charge in [0.2, 0.25) is 11.8 Å². The molecule has 0 spiro atoms. The molecule has 0 aromatic carbocycles. The average Bonchev–Trinajstić information content (AvgIpc) is 2.24. The molecular formula is C12H20N2O4. The molecule has 1 aliphatic rings. The summed E-state index contributed by atoms with van der Waals surface area (Å²) in [7, 11) is 0. The number of piperazine rings is 1. The van der Waals surface area contributed by atoms with Crippen molar-refractivity contribution in [2.24, 2.45) is 0 Å². The molecule has 0 aromatic rings. The number of nitrogens with zero attached hydrogens (tertiary/aromatic N) is 1. The van der Waals surface area contributed by atoms with Crippen molar-refractivity contribution >= 4 is 17.8 Å². The topological polar surface area (TPSA) is 86.7 Å². The van der Waals surface area contributed by atoms with Gasteiger partial charge < -0.3 is 5.11 Å². The Morgan fingerprint density at radius 1 is 1.33 bits per heavy atom. The van der Waals surface area contributed by atoms with Crippen LogP contribution in [0, 0.1) is 0 Å². The van der Waals surface area contributed by atoms with E-state index in [0.717, 1.165) is 12.8 Å². The van der Waals surface area contributed by atoms with E-state index < -0.39 is 11.5 Å². The summed E-state index contributed by atoms with van der Waals surface area (Å²) in [6.07, 6.45) is 2.37. The Kier molecular flexibility index (Phi) is 4.84. The minimum atomic E-state index is -0.789. The van der Waals surface area contributed by atoms with Crippen LogP contribution in [0.2, 0.25) is 0 Å². The number of amides is 2. The van der Waals surface area contributed by atoms with Crippen LogP contribution in [0.5, 0.6) is 0 Å². The first-order chi connectivity index (χ1) is 8.34. The summed E-state index contributed by atoms with van der Waals surface area (Å²) in [5.74, 6) is -1.34. The van der Waals surface area contributed by atoms with Crippen LogP contribution in [0.3, 0.4) is 0 Å². The van der Waals surface area contributed by atoms with Gasteiger partial charge in [-0.05, 0) is 33.2 Å². The van der Waals surface area contributed by atoms with Crippen LogP contribution in [-0.2, 0) is 14.4 Å². The molecule has 1 aliphatic heterocycles. The number of hydrogen-bond acceptors (Lipinski definition) is 4. The highest BCUT2D eigenvalue weighted by molar-refractivity contribution is 6.02. The monoisotopic (exact) mass is 256 g/mol. The fraction of sp³-hybridized carbons (Fsp3) is 0.750. The number of unbranched alkanes of at least 4 members (excludes halogenated alkanes) is 2. The van der Waals surface area contributed by atoms with Gasteiger partial charge in [-0.2, -0.15) is 0 Å². The van der Waals surface area contributed by atoms with Crippen LogP contribution in [-0.4, -0.2) is 46.4 Å². The van der Waals surface area contributed by atoms with Crippen molar-refractivity contribution in [3.63, 3.8) is 0 Å². The molecule has 0 unspecified atom stereocenters. The fourth-order valence-electron chi connectivity index (χ4n) is 1.95. The lowest BCUT2D eigenvalue weighted by atomic mass is 9.98. The van der Waals surface area contributed by atoms with Crippen molar-refractivity contribution < 1.29 is 19.5 Å². The van der Waals surface area contributed by atoms with E-state index in [1.165, 1.54) is 0 Å². The number of carbonyl (C=O) groups excluding carboxylic acids is 2. The summed E-state index contributed by atoms with van der Waals surface area (Å²) in [4.78, 5) is 35.1. The van der Waals surface area contributed by atoms with Gasteiger partial charge in [0, 0.05) is 6.42 Å². The molecule has 1 rings (SSSR count). The van der Waals surface area contributed by atoms with Gasteiger partial charge in [-0.25, -0.2) is 0 Å². The van der Waals surface area contributed by atoms with E-state index in [4.69, 9.17) is 5.11 Å². The second-order valence-electron chi connectivity index (χ2n) is 5.06. The Labute approximate surface area is 106 Å². The normalized spacial score (nSPS) is 19.7. The third-order valence-corrected chi connectivity index (χ3v) is 3.25. The molecule has 1 saturated heterocycles. The van der Waals surface area contributed by atoms with E-state index in [9.17, 15) is 14.4 Å². The van der Waals surface area contributed by atoms with Crippen molar-refractivity contribution in [3.8, 4) is 0 Å². The van der Waals surface area contributed by atoms with Crippen LogP contribution in [0.1, 0.15) is 39.5 Å². The molecule has 0 radical (unpaired) electrons. The zero-order chi connectivity index (χ0) is 13.8. The van der Waals surface area contributed by atoms with Crippen LogP contribution in [0.4, 0.5) is 0 Å². The first-order valence-electron chi connectivity index (χ1n) is 6.15. The predicted molar refractivity (Wildman–Crippen MR) is 64.9 cm³/mol. The Bertz CT molecular complexity index is 352. The molecule has 1 heterocycles. The molecule has 2 N–H and O–H groups in total. The van der Waals surface area contributed by atoms with E-state index in [2.05, 4.69) is 5.32 Å². The summed E-state index contributed by atoms with van der Waals surface area (Å²) in [5.41, 5.74) is -0.680. The van der Waals surface area contributed by atoms with Crippen LogP contribution in [0.15, 0.2) is 0 Å². The SMILES string of the molecule is CC1(C)C(=O)NC(=O)CN1CCCCCC(=O)O. The highest BCUT2D eigenvalue weighted by Gasteiger charge is 2.40. The summed E-state index contributed by atoms with van der Waals surface area (Å²) >= 11 is 0. The maximum absolute atomic E-state index is 11.7. The number of imide groups is 1. The standard InChI is InChI=1S/C12H20N2O4/c1-12(2)11(18)13-9(15)8-14(12)7-5-3-4-6-10(16)17/h3-8H2,1-2H3,(H,16,17)(H,13,15,18). The van der Waals surface area contributed by atoms with Crippen molar-refractivity contribution in [1.29, 1.82) is 0 Å². The van der Waals surface area contributed by atoms with Gasteiger partial charge in [0.05, 0.1) is 12.1 Å². The van der Waals surface area contributed by atoms with Gasteiger partial charge >= 0.3 is 5.97 Å². The zero-order valence-corrected chi connectivity index (χ0v) is 10.9. The summed E-state index contributed by atoms with van der Waals surface area (Å²) in [6, 6.07) is 0. The number of hydrogen-bond donors (Lipinski definition) is 2. The maximum Gasteiger partial charge on any atom is 0.303 e. The van der Waals surface area contributed by atoms with Gasteiger partial charge in [-0.15, -0.1) is 0 Å². The molecule has 0 bridgehead atoms. The second kappa shape index (κ2) is 5.95. The predicted octanol–water partition coefficient (Wildman–Crippen LogP) is 0.368. The van der Waals surface area contributed by atoms with E-state index in [0.29, 0.717) is 13.0 Å². The maximum atomic E-state index is 11.7. The fourth-order valence-corrected chi connectivity index (χ4v) is 1.95. The van der Waals surface area contributed by atoms with Crippen LogP contribution < -0.4 is 5.32 Å². The smallest absolute Gasteiger partial charge is 0.303 e. The number of rotatable bonds is 6. The lowest BCUT2D eigenvalue weighted by Crippen LogP contribution is -2.64. The van der Waals surface area contributed by atoms with E-state index >= 15 is 0 Å². The zero-order valence-electron chi connectivity index (χ0n) is 10.9. The highest BCUT2D eigenvalue weighted by Crippen LogP contribution is 2.18. The number of carbonyl (C=O) groups is 3.